The number of anilines is 1. The maximum atomic E-state index is 10.7. The molecule has 0 aliphatic carbocycles. The van der Waals surface area contributed by atoms with Crippen molar-refractivity contribution < 1.29 is 9.90 Å². The second kappa shape index (κ2) is 7.02. The summed E-state index contributed by atoms with van der Waals surface area (Å²) in [7, 11) is 0. The van der Waals surface area contributed by atoms with Crippen LogP contribution in [0.2, 0.25) is 0 Å². The number of carboxylic acids is 1. The van der Waals surface area contributed by atoms with Crippen LogP contribution in [-0.4, -0.2) is 26.5 Å². The standard InChI is InChI=1S/C14H25N3O2S/c1-9(11(18)19)7-6-8-10(2)15-13-16-12(17-20-13)14(3,4)5/h9-10H,6-8H2,1-5H3,(H,18,19)(H,15,16,17). The van der Waals surface area contributed by atoms with E-state index in [1.165, 1.54) is 11.5 Å². The third-order valence-electron chi connectivity index (χ3n) is 3.16. The summed E-state index contributed by atoms with van der Waals surface area (Å²) in [4.78, 5) is 15.2. The van der Waals surface area contributed by atoms with Gasteiger partial charge in [0.25, 0.3) is 0 Å². The fourth-order valence-electron chi connectivity index (χ4n) is 1.72. The molecule has 1 aromatic heterocycles. The van der Waals surface area contributed by atoms with Crippen LogP contribution in [0, 0.1) is 5.92 Å². The summed E-state index contributed by atoms with van der Waals surface area (Å²) in [6.45, 7) is 10.1. The number of aromatic nitrogens is 2. The monoisotopic (exact) mass is 299 g/mol. The lowest BCUT2D eigenvalue weighted by molar-refractivity contribution is -0.141. The van der Waals surface area contributed by atoms with E-state index in [-0.39, 0.29) is 17.4 Å². The summed E-state index contributed by atoms with van der Waals surface area (Å²) in [6, 6.07) is 0.275. The Bertz CT molecular complexity index is 440. The highest BCUT2D eigenvalue weighted by Gasteiger charge is 2.20. The summed E-state index contributed by atoms with van der Waals surface area (Å²) in [5.74, 6) is -0.127. The van der Waals surface area contributed by atoms with Gasteiger partial charge in [-0.2, -0.15) is 4.37 Å². The highest BCUT2D eigenvalue weighted by molar-refractivity contribution is 7.09. The van der Waals surface area contributed by atoms with E-state index in [0.717, 1.165) is 23.8 Å². The molecule has 1 heterocycles. The predicted molar refractivity (Wildman–Crippen MR) is 82.3 cm³/mol. The quantitative estimate of drug-likeness (QED) is 0.805. The molecule has 1 aromatic rings. The Morgan fingerprint density at radius 1 is 1.35 bits per heavy atom. The molecule has 0 saturated carbocycles. The lowest BCUT2D eigenvalue weighted by Crippen LogP contribution is -2.17. The van der Waals surface area contributed by atoms with Crippen LogP contribution in [0.1, 0.15) is 59.7 Å². The Morgan fingerprint density at radius 3 is 2.50 bits per heavy atom. The maximum absolute atomic E-state index is 10.7. The van der Waals surface area contributed by atoms with Crippen molar-refractivity contribution in [3.8, 4) is 0 Å². The van der Waals surface area contributed by atoms with Crippen molar-refractivity contribution in [1.82, 2.24) is 9.36 Å². The Morgan fingerprint density at radius 2 is 2.00 bits per heavy atom. The average molecular weight is 299 g/mol. The largest absolute Gasteiger partial charge is 0.481 e. The number of nitrogens with zero attached hydrogens (tertiary/aromatic N) is 2. The third kappa shape index (κ3) is 5.45. The lowest BCUT2D eigenvalue weighted by Gasteiger charge is -2.14. The van der Waals surface area contributed by atoms with Gasteiger partial charge in [0.05, 0.1) is 5.92 Å². The van der Waals surface area contributed by atoms with Crippen molar-refractivity contribution in [3.63, 3.8) is 0 Å². The minimum Gasteiger partial charge on any atom is -0.481 e. The predicted octanol–water partition coefficient (Wildman–Crippen LogP) is 3.53. The Labute approximate surface area is 125 Å². The first kappa shape index (κ1) is 16.9. The molecule has 2 atom stereocenters. The molecule has 0 aromatic carbocycles. The van der Waals surface area contributed by atoms with Crippen LogP contribution in [0.25, 0.3) is 0 Å². The van der Waals surface area contributed by atoms with E-state index in [4.69, 9.17) is 5.11 Å². The molecule has 0 aliphatic rings. The summed E-state index contributed by atoms with van der Waals surface area (Å²) in [5, 5.41) is 13.0. The topological polar surface area (TPSA) is 75.1 Å². The molecule has 0 fully saturated rings. The summed E-state index contributed by atoms with van der Waals surface area (Å²) < 4.78 is 4.36. The lowest BCUT2D eigenvalue weighted by atomic mass is 9.96. The highest BCUT2D eigenvalue weighted by atomic mass is 32.1. The molecule has 0 aliphatic heterocycles. The zero-order valence-corrected chi connectivity index (χ0v) is 13.8. The molecule has 114 valence electrons. The highest BCUT2D eigenvalue weighted by Crippen LogP contribution is 2.23. The van der Waals surface area contributed by atoms with Gasteiger partial charge >= 0.3 is 5.97 Å². The van der Waals surface area contributed by atoms with Crippen molar-refractivity contribution in [3.05, 3.63) is 5.82 Å². The van der Waals surface area contributed by atoms with E-state index in [1.807, 2.05) is 0 Å². The minimum atomic E-state index is -0.718. The van der Waals surface area contributed by atoms with Gasteiger partial charge in [-0.1, -0.05) is 34.1 Å². The van der Waals surface area contributed by atoms with Crippen molar-refractivity contribution in [1.29, 1.82) is 0 Å². The third-order valence-corrected chi connectivity index (χ3v) is 3.81. The van der Waals surface area contributed by atoms with Crippen molar-refractivity contribution in [2.75, 3.05) is 5.32 Å². The summed E-state index contributed by atoms with van der Waals surface area (Å²) in [6.07, 6.45) is 2.54. The Kier molecular flexibility index (Phi) is 5.92. The first-order valence-electron chi connectivity index (χ1n) is 7.03. The average Bonchev–Trinajstić information content (AvgIpc) is 2.76. The number of nitrogens with one attached hydrogen (secondary N) is 1. The van der Waals surface area contributed by atoms with Gasteiger partial charge in [0.1, 0.15) is 5.82 Å². The first-order chi connectivity index (χ1) is 9.20. The maximum Gasteiger partial charge on any atom is 0.306 e. The van der Waals surface area contributed by atoms with Gasteiger partial charge in [-0.05, 0) is 19.8 Å². The molecule has 1 rings (SSSR count). The molecule has 6 heteroatoms. The van der Waals surface area contributed by atoms with Gasteiger partial charge in [0.15, 0.2) is 0 Å². The van der Waals surface area contributed by atoms with Crippen LogP contribution in [0.3, 0.4) is 0 Å². The van der Waals surface area contributed by atoms with Crippen LogP contribution in [0.5, 0.6) is 0 Å². The molecule has 0 spiro atoms. The van der Waals surface area contributed by atoms with Crippen LogP contribution in [-0.2, 0) is 10.2 Å². The second-order valence-electron chi connectivity index (χ2n) is 6.39. The number of carbonyl (C=O) groups is 1. The number of carboxylic acid groups (broad SMARTS) is 1. The molecule has 5 nitrogen and oxygen atoms in total. The molecule has 0 bridgehead atoms. The molecule has 0 saturated heterocycles. The Balaban J connectivity index is 2.37. The first-order valence-corrected chi connectivity index (χ1v) is 7.81. The van der Waals surface area contributed by atoms with E-state index in [1.54, 1.807) is 6.92 Å². The van der Waals surface area contributed by atoms with Crippen molar-refractivity contribution >= 4 is 22.6 Å². The molecule has 20 heavy (non-hydrogen) atoms. The second-order valence-corrected chi connectivity index (χ2v) is 7.14. The van der Waals surface area contributed by atoms with Gasteiger partial charge < -0.3 is 10.4 Å². The van der Waals surface area contributed by atoms with Gasteiger partial charge in [-0.25, -0.2) is 4.98 Å². The van der Waals surface area contributed by atoms with E-state index >= 15 is 0 Å². The molecule has 2 unspecified atom stereocenters. The van der Waals surface area contributed by atoms with E-state index < -0.39 is 5.97 Å². The van der Waals surface area contributed by atoms with Crippen LogP contribution < -0.4 is 5.32 Å². The molecular weight excluding hydrogens is 274 g/mol. The SMILES string of the molecule is CC(CCCC(C)C(=O)O)Nc1nc(C(C)(C)C)ns1. The number of rotatable bonds is 7. The normalized spacial score (nSPS) is 14.8. The zero-order chi connectivity index (χ0) is 15.3. The van der Waals surface area contributed by atoms with E-state index in [0.29, 0.717) is 6.42 Å². The van der Waals surface area contributed by atoms with Gasteiger partial charge in [0.2, 0.25) is 5.13 Å². The number of aliphatic carboxylic acids is 1. The van der Waals surface area contributed by atoms with Crippen molar-refractivity contribution in [2.45, 2.75) is 65.3 Å². The van der Waals surface area contributed by atoms with Crippen LogP contribution in [0.15, 0.2) is 0 Å². The van der Waals surface area contributed by atoms with Crippen LogP contribution >= 0.6 is 11.5 Å². The Hall–Kier alpha value is -1.17. The number of hydrogen-bond acceptors (Lipinski definition) is 5. The van der Waals surface area contributed by atoms with Crippen LogP contribution in [0.4, 0.5) is 5.13 Å². The van der Waals surface area contributed by atoms with Crippen molar-refractivity contribution in [2.24, 2.45) is 5.92 Å². The summed E-state index contributed by atoms with van der Waals surface area (Å²) >= 11 is 1.38. The van der Waals surface area contributed by atoms with Gasteiger partial charge in [-0.3, -0.25) is 4.79 Å². The fraction of sp³-hybridized carbons (Fsp3) is 0.786. The molecule has 2 N–H and O–H groups in total. The minimum absolute atomic E-state index is 0.0312. The molecule has 0 radical (unpaired) electrons. The van der Waals surface area contributed by atoms with Gasteiger partial charge in [0, 0.05) is 23.0 Å². The zero-order valence-electron chi connectivity index (χ0n) is 12.9. The number of hydrogen-bond donors (Lipinski definition) is 2. The van der Waals surface area contributed by atoms with E-state index in [2.05, 4.69) is 42.4 Å². The molecular formula is C14H25N3O2S. The summed E-state index contributed by atoms with van der Waals surface area (Å²) in [5.41, 5.74) is -0.0312. The fourth-order valence-corrected chi connectivity index (χ4v) is 2.59. The van der Waals surface area contributed by atoms with Gasteiger partial charge in [-0.15, -0.1) is 0 Å². The van der Waals surface area contributed by atoms with E-state index in [9.17, 15) is 4.79 Å². The smallest absolute Gasteiger partial charge is 0.306 e. The molecule has 0 amide bonds.